The number of benzene rings is 1. The van der Waals surface area contributed by atoms with Crippen molar-refractivity contribution in [3.8, 4) is 6.07 Å². The smallest absolute Gasteiger partial charge is 0.322 e. The molecule has 3 N–H and O–H groups in total. The summed E-state index contributed by atoms with van der Waals surface area (Å²) in [4.78, 5) is 21.8. The van der Waals surface area contributed by atoms with E-state index >= 15 is 0 Å². The molecule has 0 aliphatic carbocycles. The minimum Gasteiger partial charge on any atom is -0.480 e. The average Bonchev–Trinajstić information content (AvgIpc) is 2.39. The van der Waals surface area contributed by atoms with E-state index < -0.39 is 18.4 Å². The summed E-state index contributed by atoms with van der Waals surface area (Å²) in [5.41, 5.74) is 0.173. The van der Waals surface area contributed by atoms with Crippen LogP contribution in [0.2, 0.25) is 10.0 Å². The molecule has 0 aliphatic heterocycles. The molecular formula is C12H9Cl2N3O3. The van der Waals surface area contributed by atoms with Gasteiger partial charge in [-0.3, -0.25) is 9.59 Å². The van der Waals surface area contributed by atoms with Gasteiger partial charge in [0.2, 0.25) is 0 Å². The fraction of sp³-hybridized carbons (Fsp3) is 0.0833. The Balaban J connectivity index is 2.77. The molecule has 0 fully saturated rings. The summed E-state index contributed by atoms with van der Waals surface area (Å²) >= 11 is 11.6. The zero-order valence-electron chi connectivity index (χ0n) is 9.98. The van der Waals surface area contributed by atoms with Crippen molar-refractivity contribution in [2.75, 3.05) is 11.9 Å². The summed E-state index contributed by atoms with van der Waals surface area (Å²) < 4.78 is 0. The number of hydrogen-bond donors (Lipinski definition) is 3. The fourth-order valence-corrected chi connectivity index (χ4v) is 1.62. The van der Waals surface area contributed by atoms with E-state index in [0.29, 0.717) is 15.7 Å². The minimum absolute atomic E-state index is 0.280. The van der Waals surface area contributed by atoms with Crippen LogP contribution in [-0.4, -0.2) is 23.5 Å². The second-order valence-corrected chi connectivity index (χ2v) is 4.36. The number of carbonyl (C=O) groups is 2. The van der Waals surface area contributed by atoms with Gasteiger partial charge in [0, 0.05) is 11.2 Å². The first-order chi connectivity index (χ1) is 9.43. The topological polar surface area (TPSA) is 102 Å². The van der Waals surface area contributed by atoms with Crippen molar-refractivity contribution >= 4 is 40.8 Å². The third-order valence-corrected chi connectivity index (χ3v) is 2.62. The summed E-state index contributed by atoms with van der Waals surface area (Å²) in [6.45, 7) is -0.570. The highest BCUT2D eigenvalue weighted by atomic mass is 35.5. The molecule has 20 heavy (non-hydrogen) atoms. The van der Waals surface area contributed by atoms with Crippen LogP contribution in [0.1, 0.15) is 0 Å². The average molecular weight is 314 g/mol. The van der Waals surface area contributed by atoms with Crippen LogP contribution in [0.3, 0.4) is 0 Å². The Morgan fingerprint density at radius 2 is 2.10 bits per heavy atom. The molecule has 1 aromatic carbocycles. The number of carboxylic acid groups (broad SMARTS) is 1. The van der Waals surface area contributed by atoms with Crippen LogP contribution in [0, 0.1) is 11.3 Å². The highest BCUT2D eigenvalue weighted by Crippen LogP contribution is 2.25. The van der Waals surface area contributed by atoms with Crippen molar-refractivity contribution in [1.29, 1.82) is 5.26 Å². The van der Waals surface area contributed by atoms with Gasteiger partial charge in [0.05, 0.1) is 10.7 Å². The lowest BCUT2D eigenvalue weighted by Gasteiger charge is -2.05. The Morgan fingerprint density at radius 1 is 1.40 bits per heavy atom. The molecule has 6 nitrogen and oxygen atoms in total. The zero-order chi connectivity index (χ0) is 15.1. The Kier molecular flexibility index (Phi) is 5.84. The molecule has 0 radical (unpaired) electrons. The molecule has 0 atom stereocenters. The first-order valence-electron chi connectivity index (χ1n) is 5.26. The van der Waals surface area contributed by atoms with E-state index in [1.54, 1.807) is 18.2 Å². The normalized spacial score (nSPS) is 10.6. The number of carboxylic acids is 1. The molecule has 0 aromatic heterocycles. The van der Waals surface area contributed by atoms with Crippen molar-refractivity contribution in [1.82, 2.24) is 5.32 Å². The predicted octanol–water partition coefficient (Wildman–Crippen LogP) is 2.01. The molecule has 0 unspecified atom stereocenters. The number of aliphatic carboxylic acids is 1. The van der Waals surface area contributed by atoms with Gasteiger partial charge in [-0.05, 0) is 18.2 Å². The molecule has 0 bridgehead atoms. The molecule has 1 aromatic rings. The maximum absolute atomic E-state index is 11.5. The SMILES string of the molecule is N#C/C(=C/Nc1ccc(Cl)cc1Cl)C(=O)NCC(=O)O. The molecule has 1 amide bonds. The molecule has 0 saturated carbocycles. The van der Waals surface area contributed by atoms with Gasteiger partial charge in [0.15, 0.2) is 0 Å². The van der Waals surface area contributed by atoms with E-state index in [4.69, 9.17) is 33.6 Å². The Bertz CT molecular complexity index is 608. The van der Waals surface area contributed by atoms with Crippen LogP contribution in [0.5, 0.6) is 0 Å². The van der Waals surface area contributed by atoms with Crippen LogP contribution >= 0.6 is 23.2 Å². The molecule has 0 spiro atoms. The summed E-state index contributed by atoms with van der Waals surface area (Å²) in [7, 11) is 0. The Morgan fingerprint density at radius 3 is 2.65 bits per heavy atom. The lowest BCUT2D eigenvalue weighted by atomic mass is 10.2. The molecule has 0 aliphatic rings. The van der Waals surface area contributed by atoms with Gasteiger partial charge >= 0.3 is 5.97 Å². The summed E-state index contributed by atoms with van der Waals surface area (Å²) in [5.74, 6) is -2.00. The number of carbonyl (C=O) groups excluding carboxylic acids is 1. The Labute approximate surface area is 124 Å². The second kappa shape index (κ2) is 7.38. The predicted molar refractivity (Wildman–Crippen MR) is 74.4 cm³/mol. The molecular weight excluding hydrogens is 305 g/mol. The lowest BCUT2D eigenvalue weighted by Crippen LogP contribution is -2.30. The van der Waals surface area contributed by atoms with Gasteiger partial charge in [0.1, 0.15) is 18.2 Å². The van der Waals surface area contributed by atoms with E-state index in [0.717, 1.165) is 6.20 Å². The number of nitrogens with one attached hydrogen (secondary N) is 2. The molecule has 0 saturated heterocycles. The van der Waals surface area contributed by atoms with Crippen molar-refractivity contribution in [3.05, 3.63) is 40.0 Å². The number of hydrogen-bond acceptors (Lipinski definition) is 4. The zero-order valence-corrected chi connectivity index (χ0v) is 11.5. The number of nitriles is 1. The van der Waals surface area contributed by atoms with E-state index in [2.05, 4.69) is 10.6 Å². The van der Waals surface area contributed by atoms with E-state index in [1.807, 2.05) is 0 Å². The number of anilines is 1. The van der Waals surface area contributed by atoms with Gasteiger partial charge in [-0.1, -0.05) is 23.2 Å². The molecule has 8 heteroatoms. The number of halogens is 2. The summed E-state index contributed by atoms with van der Waals surface area (Å²) in [6.07, 6.45) is 1.13. The van der Waals surface area contributed by atoms with E-state index in [9.17, 15) is 9.59 Å². The largest absolute Gasteiger partial charge is 0.480 e. The van der Waals surface area contributed by atoms with Gasteiger partial charge in [-0.25, -0.2) is 0 Å². The van der Waals surface area contributed by atoms with Crippen LogP contribution < -0.4 is 10.6 Å². The second-order valence-electron chi connectivity index (χ2n) is 3.51. The van der Waals surface area contributed by atoms with Crippen molar-refractivity contribution in [3.63, 3.8) is 0 Å². The third-order valence-electron chi connectivity index (χ3n) is 2.07. The first-order valence-corrected chi connectivity index (χ1v) is 6.01. The summed E-state index contributed by atoms with van der Waals surface area (Å²) in [6, 6.07) is 6.31. The fourth-order valence-electron chi connectivity index (χ4n) is 1.16. The number of rotatable bonds is 5. The van der Waals surface area contributed by atoms with Crippen molar-refractivity contribution in [2.24, 2.45) is 0 Å². The highest BCUT2D eigenvalue weighted by molar-refractivity contribution is 6.36. The maximum atomic E-state index is 11.5. The third kappa shape index (κ3) is 4.80. The molecule has 104 valence electrons. The van der Waals surface area contributed by atoms with Crippen molar-refractivity contribution < 1.29 is 14.7 Å². The van der Waals surface area contributed by atoms with Gasteiger partial charge in [0.25, 0.3) is 5.91 Å². The van der Waals surface area contributed by atoms with Crippen LogP contribution in [-0.2, 0) is 9.59 Å². The maximum Gasteiger partial charge on any atom is 0.322 e. The van der Waals surface area contributed by atoms with E-state index in [-0.39, 0.29) is 5.57 Å². The highest BCUT2D eigenvalue weighted by Gasteiger charge is 2.10. The summed E-state index contributed by atoms with van der Waals surface area (Å²) in [5, 5.41) is 22.8. The minimum atomic E-state index is -1.20. The van der Waals surface area contributed by atoms with Gasteiger partial charge < -0.3 is 15.7 Å². The van der Waals surface area contributed by atoms with Gasteiger partial charge in [-0.2, -0.15) is 5.26 Å². The number of nitrogens with zero attached hydrogens (tertiary/aromatic N) is 1. The lowest BCUT2D eigenvalue weighted by molar-refractivity contribution is -0.137. The first kappa shape index (κ1) is 15.8. The molecule has 0 heterocycles. The quantitative estimate of drug-likeness (QED) is 0.570. The van der Waals surface area contributed by atoms with Gasteiger partial charge in [-0.15, -0.1) is 0 Å². The van der Waals surface area contributed by atoms with E-state index in [1.165, 1.54) is 6.07 Å². The van der Waals surface area contributed by atoms with Crippen molar-refractivity contribution in [2.45, 2.75) is 0 Å². The monoisotopic (exact) mass is 313 g/mol. The standard InChI is InChI=1S/C12H9Cl2N3O3/c13-8-1-2-10(9(14)3-8)16-5-7(4-15)12(20)17-6-11(18)19/h1-3,5,16H,6H2,(H,17,20)(H,18,19)/b7-5-. The molecule has 1 rings (SSSR count). The van der Waals surface area contributed by atoms with Crippen LogP contribution in [0.25, 0.3) is 0 Å². The van der Waals surface area contributed by atoms with Crippen LogP contribution in [0.15, 0.2) is 30.0 Å². The number of amides is 1. The van der Waals surface area contributed by atoms with Crippen LogP contribution in [0.4, 0.5) is 5.69 Å². The Hall–Kier alpha value is -2.23.